The molecular formula is C22H26N8O2S. The van der Waals surface area contributed by atoms with Gasteiger partial charge < -0.3 is 5.32 Å². The number of nitrogens with one attached hydrogen (secondary N) is 2. The molecule has 4 aromatic rings. The summed E-state index contributed by atoms with van der Waals surface area (Å²) in [5.41, 5.74) is 4.18. The molecule has 0 saturated heterocycles. The van der Waals surface area contributed by atoms with E-state index in [4.69, 9.17) is 0 Å². The monoisotopic (exact) mass is 466 g/mol. The first-order chi connectivity index (χ1) is 15.7. The molecular weight excluding hydrogens is 440 g/mol. The summed E-state index contributed by atoms with van der Waals surface area (Å²) in [6, 6.07) is 12.5. The van der Waals surface area contributed by atoms with Crippen molar-refractivity contribution in [2.45, 2.75) is 46.1 Å². The molecule has 3 aromatic heterocycles. The smallest absolute Gasteiger partial charge is 0.265 e. The summed E-state index contributed by atoms with van der Waals surface area (Å²) in [6.07, 6.45) is 0. The van der Waals surface area contributed by atoms with Crippen molar-refractivity contribution < 1.29 is 8.42 Å². The van der Waals surface area contributed by atoms with Gasteiger partial charge in [-0.05, 0) is 77.1 Å². The highest BCUT2D eigenvalue weighted by Crippen LogP contribution is 2.24. The predicted molar refractivity (Wildman–Crippen MR) is 127 cm³/mol. The first-order valence-electron chi connectivity index (χ1n) is 10.5. The van der Waals surface area contributed by atoms with Crippen molar-refractivity contribution in [2.24, 2.45) is 0 Å². The molecule has 0 aliphatic rings. The van der Waals surface area contributed by atoms with E-state index in [-0.39, 0.29) is 4.90 Å². The Balaban J connectivity index is 1.46. The number of rotatable bonds is 7. The molecule has 0 aliphatic heterocycles. The lowest BCUT2D eigenvalue weighted by Crippen LogP contribution is -2.15. The fourth-order valence-electron chi connectivity index (χ4n) is 3.72. The molecule has 0 fully saturated rings. The Bertz CT molecular complexity index is 1390. The van der Waals surface area contributed by atoms with Gasteiger partial charge in [0.15, 0.2) is 11.6 Å². The molecule has 10 nitrogen and oxygen atoms in total. The average molecular weight is 467 g/mol. The molecule has 11 heteroatoms. The van der Waals surface area contributed by atoms with Crippen LogP contribution in [-0.2, 0) is 16.6 Å². The lowest BCUT2D eigenvalue weighted by atomic mass is 10.3. The topological polar surface area (TPSA) is 120 Å². The van der Waals surface area contributed by atoms with Crippen molar-refractivity contribution in [3.05, 3.63) is 65.2 Å². The molecule has 0 amide bonds. The maximum Gasteiger partial charge on any atom is 0.265 e. The summed E-state index contributed by atoms with van der Waals surface area (Å²) in [6.45, 7) is 9.87. The average Bonchev–Trinajstić information content (AvgIpc) is 3.26. The van der Waals surface area contributed by atoms with Crippen molar-refractivity contribution in [1.29, 1.82) is 0 Å². The fraction of sp³-hybridized carbons (Fsp3) is 0.273. The normalized spacial score (nSPS) is 11.5. The highest BCUT2D eigenvalue weighted by molar-refractivity contribution is 7.92. The number of aromatic nitrogens is 6. The molecule has 172 valence electrons. The summed E-state index contributed by atoms with van der Waals surface area (Å²) in [5.74, 6) is 1.19. The van der Waals surface area contributed by atoms with Gasteiger partial charge >= 0.3 is 0 Å². The summed E-state index contributed by atoms with van der Waals surface area (Å²) in [5, 5.41) is 20.3. The Kier molecular flexibility index (Phi) is 5.90. The van der Waals surface area contributed by atoms with Gasteiger partial charge in [-0.25, -0.2) is 13.1 Å². The maximum absolute atomic E-state index is 12.9. The maximum atomic E-state index is 12.9. The van der Waals surface area contributed by atoms with Gasteiger partial charge in [-0.3, -0.25) is 9.40 Å². The second-order valence-electron chi connectivity index (χ2n) is 7.74. The molecule has 1 aromatic carbocycles. The van der Waals surface area contributed by atoms with E-state index < -0.39 is 10.0 Å². The minimum Gasteiger partial charge on any atom is -0.339 e. The van der Waals surface area contributed by atoms with Crippen LogP contribution in [0.25, 0.3) is 5.82 Å². The summed E-state index contributed by atoms with van der Waals surface area (Å²) < 4.78 is 31.9. The van der Waals surface area contributed by atoms with E-state index in [0.717, 1.165) is 17.1 Å². The van der Waals surface area contributed by atoms with Crippen LogP contribution >= 0.6 is 0 Å². The number of nitrogens with zero attached hydrogens (tertiary/aromatic N) is 6. The number of benzene rings is 1. The molecule has 0 aliphatic carbocycles. The third-order valence-corrected chi connectivity index (χ3v) is 6.80. The Morgan fingerprint density at radius 1 is 0.909 bits per heavy atom. The second-order valence-corrected chi connectivity index (χ2v) is 9.36. The molecule has 33 heavy (non-hydrogen) atoms. The van der Waals surface area contributed by atoms with Crippen LogP contribution in [0.5, 0.6) is 0 Å². The molecule has 4 rings (SSSR count). The largest absolute Gasteiger partial charge is 0.339 e. The predicted octanol–water partition coefficient (Wildman–Crippen LogP) is 3.66. The van der Waals surface area contributed by atoms with Gasteiger partial charge in [0.25, 0.3) is 10.0 Å². The summed E-state index contributed by atoms with van der Waals surface area (Å²) in [7, 11) is -3.75. The van der Waals surface area contributed by atoms with Crippen molar-refractivity contribution in [3.8, 4) is 5.82 Å². The van der Waals surface area contributed by atoms with Gasteiger partial charge in [-0.15, -0.1) is 10.2 Å². The molecule has 0 spiro atoms. The second kappa shape index (κ2) is 8.66. The minimum absolute atomic E-state index is 0.213. The van der Waals surface area contributed by atoms with E-state index in [1.165, 1.54) is 0 Å². The van der Waals surface area contributed by atoms with Crippen LogP contribution in [0.3, 0.4) is 0 Å². The number of aryl methyl sites for hydroxylation is 4. The van der Waals surface area contributed by atoms with Crippen molar-refractivity contribution >= 4 is 27.2 Å². The van der Waals surface area contributed by atoms with Crippen molar-refractivity contribution in [1.82, 2.24) is 29.8 Å². The van der Waals surface area contributed by atoms with Crippen LogP contribution < -0.4 is 10.0 Å². The van der Waals surface area contributed by atoms with Gasteiger partial charge in [0, 0.05) is 23.6 Å². The van der Waals surface area contributed by atoms with E-state index in [0.29, 0.717) is 35.3 Å². The van der Waals surface area contributed by atoms with Gasteiger partial charge in [-0.1, -0.05) is 0 Å². The highest BCUT2D eigenvalue weighted by atomic mass is 32.2. The SMILES string of the molecule is CCn1nc(C)c(S(=O)(=O)Nc2ccc(Nc3ccc(-n4nc(C)cc4C)nn3)cc2)c1C. The van der Waals surface area contributed by atoms with Crippen LogP contribution in [0.1, 0.15) is 29.7 Å². The van der Waals surface area contributed by atoms with E-state index in [2.05, 4.69) is 30.4 Å². The van der Waals surface area contributed by atoms with Gasteiger partial charge in [0.05, 0.1) is 17.1 Å². The van der Waals surface area contributed by atoms with Crippen molar-refractivity contribution in [3.63, 3.8) is 0 Å². The minimum atomic E-state index is -3.75. The third-order valence-electron chi connectivity index (χ3n) is 5.17. The lowest BCUT2D eigenvalue weighted by molar-refractivity contribution is 0.598. The summed E-state index contributed by atoms with van der Waals surface area (Å²) in [4.78, 5) is 0.213. The molecule has 0 bridgehead atoms. The molecule has 0 saturated carbocycles. The number of hydrogen-bond acceptors (Lipinski definition) is 7. The Labute approximate surface area is 192 Å². The van der Waals surface area contributed by atoms with Crippen LogP contribution in [0.4, 0.5) is 17.2 Å². The summed E-state index contributed by atoms with van der Waals surface area (Å²) >= 11 is 0. The number of anilines is 3. The van der Waals surface area contributed by atoms with Crippen molar-refractivity contribution in [2.75, 3.05) is 10.0 Å². The van der Waals surface area contributed by atoms with Gasteiger partial charge in [-0.2, -0.15) is 10.2 Å². The zero-order chi connectivity index (χ0) is 23.8. The van der Waals surface area contributed by atoms with E-state index in [9.17, 15) is 8.42 Å². The molecule has 0 radical (unpaired) electrons. The molecule has 3 heterocycles. The quantitative estimate of drug-likeness (QED) is 0.426. The van der Waals surface area contributed by atoms with Gasteiger partial charge in [0.2, 0.25) is 0 Å². The molecule has 2 N–H and O–H groups in total. The standard InChI is InChI=1S/C22H26N8O2S/c1-6-29-17(5)22(16(4)27-29)33(31,32)28-19-9-7-18(8-10-19)23-20-11-12-21(25-24-20)30-15(3)13-14(2)26-30/h7-13,28H,6H2,1-5H3,(H,23,24). The zero-order valence-electron chi connectivity index (χ0n) is 19.2. The Morgan fingerprint density at radius 2 is 1.61 bits per heavy atom. The van der Waals surface area contributed by atoms with Crippen LogP contribution in [0.15, 0.2) is 47.4 Å². The highest BCUT2D eigenvalue weighted by Gasteiger charge is 2.24. The van der Waals surface area contributed by atoms with E-state index >= 15 is 0 Å². The molecule has 0 atom stereocenters. The lowest BCUT2D eigenvalue weighted by Gasteiger charge is -2.10. The van der Waals surface area contributed by atoms with E-state index in [1.807, 2.05) is 39.0 Å². The first-order valence-corrected chi connectivity index (χ1v) is 12.0. The Morgan fingerprint density at radius 3 is 2.15 bits per heavy atom. The zero-order valence-corrected chi connectivity index (χ0v) is 20.0. The molecule has 0 unspecified atom stereocenters. The Hall–Kier alpha value is -3.73. The number of hydrogen-bond donors (Lipinski definition) is 2. The van der Waals surface area contributed by atoms with E-state index in [1.54, 1.807) is 47.5 Å². The van der Waals surface area contributed by atoms with Crippen LogP contribution in [0, 0.1) is 27.7 Å². The third kappa shape index (κ3) is 4.58. The van der Waals surface area contributed by atoms with Crippen LogP contribution in [0.2, 0.25) is 0 Å². The first kappa shape index (κ1) is 22.5. The number of sulfonamides is 1. The van der Waals surface area contributed by atoms with Gasteiger partial charge in [0.1, 0.15) is 4.90 Å². The van der Waals surface area contributed by atoms with Crippen LogP contribution in [-0.4, -0.2) is 38.2 Å². The fourth-order valence-corrected chi connectivity index (χ4v) is 5.19.